The number of hydrogen-bond acceptors (Lipinski definition) is 17. The lowest BCUT2D eigenvalue weighted by molar-refractivity contribution is -0.161. The van der Waals surface area contributed by atoms with Crippen LogP contribution in [0.25, 0.3) is 33.4 Å². The second kappa shape index (κ2) is 53.9. The van der Waals surface area contributed by atoms with Gasteiger partial charge in [-0.2, -0.15) is 0 Å². The molecule has 0 radical (unpaired) electrons. The molecule has 0 spiro atoms. The quantitative estimate of drug-likeness (QED) is 0.0237. The third kappa shape index (κ3) is 41.4. The molecule has 0 aliphatic heterocycles. The number of aromatic nitrogens is 3. The van der Waals surface area contributed by atoms with E-state index in [0.717, 1.165) is 71.9 Å². The second-order valence-corrected chi connectivity index (χ2v) is 25.6. The summed E-state index contributed by atoms with van der Waals surface area (Å²) in [7, 11) is -4.63. The number of nitrogens with one attached hydrogen (secondary N) is 1. The molecule has 0 saturated heterocycles. The Balaban J connectivity index is 0.991. The molecular formula is C73H115N4O15P. The van der Waals surface area contributed by atoms with Crippen molar-refractivity contribution in [2.75, 3.05) is 85.8 Å². The Morgan fingerprint density at radius 1 is 0.484 bits per heavy atom. The first-order valence-electron chi connectivity index (χ1n) is 35.5. The number of rotatable bonds is 62. The lowest BCUT2D eigenvalue weighted by Gasteiger charge is -2.20. The fraction of sp³-hybridized carbons (Fsp3) is 0.685. The van der Waals surface area contributed by atoms with Gasteiger partial charge in [0.2, 0.25) is 11.8 Å². The zero-order valence-corrected chi connectivity index (χ0v) is 57.6. The molecule has 0 bridgehead atoms. The molecule has 2 aromatic carbocycles. The Hall–Kier alpha value is -5.24. The highest BCUT2D eigenvalue weighted by atomic mass is 31.2. The average molecular weight is 1320 g/mol. The maximum atomic E-state index is 12.9. The molecule has 93 heavy (non-hydrogen) atoms. The highest BCUT2D eigenvalue weighted by Crippen LogP contribution is 2.43. The van der Waals surface area contributed by atoms with E-state index in [1.54, 1.807) is 12.4 Å². The van der Waals surface area contributed by atoms with Crippen LogP contribution >= 0.6 is 7.82 Å². The summed E-state index contributed by atoms with van der Waals surface area (Å²) >= 11 is 0. The number of ketones is 1. The highest BCUT2D eigenvalue weighted by molar-refractivity contribution is 7.47. The number of phosphoric acid groups is 1. The summed E-state index contributed by atoms with van der Waals surface area (Å²) in [5.74, 6) is -1.01. The van der Waals surface area contributed by atoms with Crippen LogP contribution in [0.5, 0.6) is 5.88 Å². The number of amides is 1. The van der Waals surface area contributed by atoms with Crippen molar-refractivity contribution in [2.24, 2.45) is 0 Å². The molecule has 19 nitrogen and oxygen atoms in total. The number of ether oxygens (including phenoxy) is 7. The second-order valence-electron chi connectivity index (χ2n) is 24.1. The number of phosphoric ester groups is 1. The number of nitrogens with zero attached hydrogens (tertiary/aromatic N) is 3. The minimum atomic E-state index is -4.63. The molecule has 0 fully saturated rings. The average Bonchev–Trinajstić information content (AvgIpc) is 0.878. The fourth-order valence-corrected chi connectivity index (χ4v) is 11.4. The third-order valence-electron chi connectivity index (χ3n) is 16.0. The number of carbonyl (C=O) groups excluding carboxylic acids is 4. The Morgan fingerprint density at radius 2 is 0.989 bits per heavy atom. The van der Waals surface area contributed by atoms with E-state index in [4.69, 9.17) is 47.2 Å². The van der Waals surface area contributed by atoms with Gasteiger partial charge in [-0.1, -0.05) is 230 Å². The van der Waals surface area contributed by atoms with Crippen molar-refractivity contribution in [3.63, 3.8) is 0 Å². The van der Waals surface area contributed by atoms with Crippen molar-refractivity contribution in [1.82, 2.24) is 20.3 Å². The fourth-order valence-electron chi connectivity index (χ4n) is 10.6. The van der Waals surface area contributed by atoms with Gasteiger partial charge in [-0.25, -0.2) is 14.5 Å². The van der Waals surface area contributed by atoms with E-state index in [1.807, 2.05) is 60.7 Å². The molecule has 2 N–H and O–H groups in total. The molecular weight excluding hydrogens is 1200 g/mol. The van der Waals surface area contributed by atoms with E-state index in [0.29, 0.717) is 45.1 Å². The molecule has 2 unspecified atom stereocenters. The number of hydrogen-bond donors (Lipinski definition) is 2. The number of para-hydroxylation sites is 2. The predicted molar refractivity (Wildman–Crippen MR) is 366 cm³/mol. The van der Waals surface area contributed by atoms with Crippen LogP contribution in [0.4, 0.5) is 0 Å². The van der Waals surface area contributed by atoms with Gasteiger partial charge in [0, 0.05) is 43.1 Å². The maximum Gasteiger partial charge on any atom is 0.472 e. The molecule has 1 amide bonds. The standard InChI is InChI=1S/C73H115N4O15P/c1-3-5-7-9-11-13-15-17-19-21-23-25-27-29-31-41-71(80)89-59-65(92-72(81)42-32-30-28-26-24-22-20-18-16-14-12-10-8-6-4-2)60-91-93(82,83)90-49-36-37-64(78)58-86-53-54-87-61-70(79)74-48-50-84-51-52-85-55-56-88-73-66(38-35-47-75-73)62-43-45-63(46-44-62)69-57-76-67-39-33-34-40-68(67)77-69/h33-35,38-40,43-47,57,65H,3-32,36-37,41-42,48-56,58-61H2,1-2H3,(H,74,79)(H,82,83). The molecule has 0 aliphatic rings. The van der Waals surface area contributed by atoms with Gasteiger partial charge in [-0.15, -0.1) is 0 Å². The van der Waals surface area contributed by atoms with Gasteiger partial charge in [0.25, 0.3) is 0 Å². The smallest absolute Gasteiger partial charge is 0.472 e. The minimum Gasteiger partial charge on any atom is -0.475 e. The van der Waals surface area contributed by atoms with Gasteiger partial charge in [-0.3, -0.25) is 33.2 Å². The molecule has 522 valence electrons. The monoisotopic (exact) mass is 1320 g/mol. The highest BCUT2D eigenvalue weighted by Gasteiger charge is 2.26. The normalized spacial score (nSPS) is 12.4. The number of unbranched alkanes of at least 4 members (excludes halogenated alkanes) is 28. The SMILES string of the molecule is CCCCCCCCCCCCCCCCCC(=O)OCC(COP(=O)(O)OCCCC(=O)COCCOCC(=O)NCCOCCOCCOc1ncccc1-c1ccc(-c2cnc3ccccc3n2)cc1)OC(=O)CCCCCCCCCCCCCCCCC. The number of fused-ring (bicyclic) bond motifs is 1. The van der Waals surface area contributed by atoms with Gasteiger partial charge < -0.3 is 43.4 Å². The third-order valence-corrected chi connectivity index (χ3v) is 16.9. The van der Waals surface area contributed by atoms with Gasteiger partial charge in [0.15, 0.2) is 11.9 Å². The summed E-state index contributed by atoms with van der Waals surface area (Å²) < 4.78 is 62.2. The lowest BCUT2D eigenvalue weighted by Crippen LogP contribution is -2.31. The summed E-state index contributed by atoms with van der Waals surface area (Å²) in [6, 6.07) is 19.6. The van der Waals surface area contributed by atoms with Gasteiger partial charge in [0.05, 0.1) is 75.8 Å². The Bertz CT molecular complexity index is 2610. The number of esters is 2. The van der Waals surface area contributed by atoms with Crippen LogP contribution in [0.2, 0.25) is 0 Å². The summed E-state index contributed by atoms with van der Waals surface area (Å²) in [4.78, 5) is 74.5. The van der Waals surface area contributed by atoms with Crippen molar-refractivity contribution < 1.29 is 70.8 Å². The minimum absolute atomic E-state index is 0.00952. The van der Waals surface area contributed by atoms with Crippen molar-refractivity contribution in [2.45, 2.75) is 238 Å². The molecule has 2 atom stereocenters. The molecule has 0 saturated carbocycles. The summed E-state index contributed by atoms with van der Waals surface area (Å²) in [5.41, 5.74) is 5.25. The zero-order valence-electron chi connectivity index (χ0n) is 56.7. The van der Waals surface area contributed by atoms with Crippen LogP contribution in [0.3, 0.4) is 0 Å². The topological polar surface area (TPSA) is 239 Å². The van der Waals surface area contributed by atoms with E-state index in [1.165, 1.54) is 141 Å². The van der Waals surface area contributed by atoms with E-state index in [-0.39, 0.29) is 90.2 Å². The molecule has 4 aromatic rings. The van der Waals surface area contributed by atoms with Crippen LogP contribution in [-0.4, -0.2) is 135 Å². The summed E-state index contributed by atoms with van der Waals surface area (Å²) in [5, 5.41) is 2.72. The lowest BCUT2D eigenvalue weighted by atomic mass is 10.0. The molecule has 4 rings (SSSR count). The maximum absolute atomic E-state index is 12.9. The van der Waals surface area contributed by atoms with Crippen molar-refractivity contribution in [1.29, 1.82) is 0 Å². The molecule has 20 heteroatoms. The van der Waals surface area contributed by atoms with Crippen molar-refractivity contribution in [3.05, 3.63) is 73.1 Å². The number of carbonyl (C=O) groups is 4. The first kappa shape index (κ1) is 80.2. The summed E-state index contributed by atoms with van der Waals surface area (Å²) in [6.07, 6.45) is 39.3. The Labute approximate surface area is 556 Å². The van der Waals surface area contributed by atoms with E-state index in [9.17, 15) is 28.6 Å². The molecule has 0 aliphatic carbocycles. The Morgan fingerprint density at radius 3 is 1.58 bits per heavy atom. The Kier molecular flexibility index (Phi) is 46.5. The van der Waals surface area contributed by atoms with E-state index < -0.39 is 32.5 Å². The zero-order chi connectivity index (χ0) is 66.3. The number of pyridine rings is 1. The van der Waals surface area contributed by atoms with E-state index >= 15 is 0 Å². The first-order valence-corrected chi connectivity index (χ1v) is 37.0. The van der Waals surface area contributed by atoms with Crippen molar-refractivity contribution in [3.8, 4) is 28.3 Å². The number of Topliss-reactive ketones (excluding diaryl/α,β-unsaturated/α-hetero) is 1. The van der Waals surface area contributed by atoms with Gasteiger partial charge >= 0.3 is 19.8 Å². The van der Waals surface area contributed by atoms with Crippen LogP contribution < -0.4 is 10.1 Å². The molecule has 2 heterocycles. The number of benzene rings is 2. The van der Waals surface area contributed by atoms with Crippen LogP contribution in [0.15, 0.2) is 73.1 Å². The van der Waals surface area contributed by atoms with Gasteiger partial charge in [0.1, 0.15) is 26.4 Å². The summed E-state index contributed by atoms with van der Waals surface area (Å²) in [6.45, 7) is 5.00. The largest absolute Gasteiger partial charge is 0.475 e. The van der Waals surface area contributed by atoms with Crippen molar-refractivity contribution >= 4 is 42.5 Å². The van der Waals surface area contributed by atoms with Crippen LogP contribution in [0, 0.1) is 0 Å². The predicted octanol–water partition coefficient (Wildman–Crippen LogP) is 16.4. The van der Waals surface area contributed by atoms with Crippen LogP contribution in [0.1, 0.15) is 232 Å². The van der Waals surface area contributed by atoms with Gasteiger partial charge in [-0.05, 0) is 49.1 Å². The van der Waals surface area contributed by atoms with E-state index in [2.05, 4.69) is 29.1 Å². The first-order chi connectivity index (χ1) is 45.6. The molecule has 2 aromatic heterocycles. The van der Waals surface area contributed by atoms with Crippen LogP contribution in [-0.2, 0) is 61.2 Å².